The number of rotatable bonds is 2. The van der Waals surface area contributed by atoms with E-state index in [0.717, 1.165) is 12.0 Å². The molecule has 1 aliphatic heterocycles. The first kappa shape index (κ1) is 16.6. The Hall–Kier alpha value is -1.75. The summed E-state index contributed by atoms with van der Waals surface area (Å²) in [5.41, 5.74) is 0.302. The van der Waals surface area contributed by atoms with E-state index in [4.69, 9.17) is 9.47 Å². The van der Waals surface area contributed by atoms with Crippen molar-refractivity contribution >= 4 is 6.09 Å². The van der Waals surface area contributed by atoms with Crippen molar-refractivity contribution in [3.8, 4) is 5.75 Å². The predicted octanol–water partition coefficient (Wildman–Crippen LogP) is 3.13. The standard InChI is InChI=1S/C17H25NO4/c1-17(2,3)22-16(20)18-10-6-9-14(19)15(18)12-7-5-8-13(11-12)21-4/h5,7-8,11,14-15,19H,6,9-10H2,1-4H3/t14-,15-/m0/s1. The van der Waals surface area contributed by atoms with Gasteiger partial charge >= 0.3 is 6.09 Å². The topological polar surface area (TPSA) is 59.0 Å². The molecule has 22 heavy (non-hydrogen) atoms. The molecule has 2 rings (SSSR count). The monoisotopic (exact) mass is 307 g/mol. The van der Waals surface area contributed by atoms with Gasteiger partial charge in [-0.25, -0.2) is 4.79 Å². The maximum absolute atomic E-state index is 12.5. The van der Waals surface area contributed by atoms with Gasteiger partial charge in [-0.05, 0) is 51.3 Å². The number of ether oxygens (including phenoxy) is 2. The van der Waals surface area contributed by atoms with Gasteiger partial charge in [0.1, 0.15) is 11.4 Å². The summed E-state index contributed by atoms with van der Waals surface area (Å²) in [5.74, 6) is 0.708. The second-order valence-corrected chi connectivity index (χ2v) is 6.60. The van der Waals surface area contributed by atoms with Gasteiger partial charge in [-0.15, -0.1) is 0 Å². The van der Waals surface area contributed by atoms with Gasteiger partial charge in [0.2, 0.25) is 0 Å². The number of methoxy groups -OCH3 is 1. The lowest BCUT2D eigenvalue weighted by Gasteiger charge is -2.39. The molecule has 0 radical (unpaired) electrons. The summed E-state index contributed by atoms with van der Waals surface area (Å²) in [7, 11) is 1.60. The van der Waals surface area contributed by atoms with E-state index < -0.39 is 17.7 Å². The number of piperidine rings is 1. The summed E-state index contributed by atoms with van der Waals surface area (Å²) < 4.78 is 10.7. The van der Waals surface area contributed by atoms with Gasteiger partial charge in [-0.2, -0.15) is 0 Å². The third kappa shape index (κ3) is 3.91. The summed E-state index contributed by atoms with van der Waals surface area (Å²) in [6.07, 6.45) is 0.439. The highest BCUT2D eigenvalue weighted by Gasteiger charge is 2.36. The van der Waals surface area contributed by atoms with Gasteiger partial charge in [0.25, 0.3) is 0 Å². The molecule has 5 heteroatoms. The molecule has 2 atom stereocenters. The Bertz CT molecular complexity index is 524. The van der Waals surface area contributed by atoms with Crippen LogP contribution in [0.5, 0.6) is 5.75 Å². The Morgan fingerprint density at radius 1 is 1.36 bits per heavy atom. The average molecular weight is 307 g/mol. The highest BCUT2D eigenvalue weighted by Crippen LogP contribution is 2.34. The molecule has 1 aliphatic rings. The van der Waals surface area contributed by atoms with Crippen molar-refractivity contribution in [1.29, 1.82) is 0 Å². The normalized spacial score (nSPS) is 22.3. The van der Waals surface area contributed by atoms with Crippen LogP contribution in [-0.2, 0) is 4.74 Å². The van der Waals surface area contributed by atoms with Crippen LogP contribution < -0.4 is 4.74 Å². The van der Waals surface area contributed by atoms with E-state index in [1.54, 1.807) is 12.0 Å². The van der Waals surface area contributed by atoms with E-state index in [-0.39, 0.29) is 6.09 Å². The van der Waals surface area contributed by atoms with E-state index in [1.165, 1.54) is 0 Å². The molecule has 1 amide bonds. The summed E-state index contributed by atoms with van der Waals surface area (Å²) in [6, 6.07) is 7.06. The molecule has 1 aromatic carbocycles. The van der Waals surface area contributed by atoms with Crippen molar-refractivity contribution < 1.29 is 19.4 Å². The SMILES string of the molecule is COc1cccc([C@H]2[C@@H](O)CCCN2C(=O)OC(C)(C)C)c1. The zero-order valence-electron chi connectivity index (χ0n) is 13.7. The van der Waals surface area contributed by atoms with Gasteiger partial charge < -0.3 is 14.6 Å². The molecule has 1 saturated heterocycles. The van der Waals surface area contributed by atoms with Crippen LogP contribution in [-0.4, -0.2) is 41.5 Å². The molecular formula is C17H25NO4. The van der Waals surface area contributed by atoms with Gasteiger partial charge in [0.15, 0.2) is 0 Å². The number of nitrogens with zero attached hydrogens (tertiary/aromatic N) is 1. The molecule has 1 fully saturated rings. The fourth-order valence-electron chi connectivity index (χ4n) is 2.73. The van der Waals surface area contributed by atoms with Crippen molar-refractivity contribution in [2.75, 3.05) is 13.7 Å². The first-order chi connectivity index (χ1) is 10.3. The Labute approximate surface area is 131 Å². The average Bonchev–Trinajstić information content (AvgIpc) is 2.45. The van der Waals surface area contributed by atoms with Crippen LogP contribution in [0.1, 0.15) is 45.2 Å². The van der Waals surface area contributed by atoms with Crippen LogP contribution >= 0.6 is 0 Å². The van der Waals surface area contributed by atoms with Gasteiger partial charge in [0, 0.05) is 6.54 Å². The number of hydrogen-bond donors (Lipinski definition) is 1. The molecule has 122 valence electrons. The van der Waals surface area contributed by atoms with E-state index in [0.29, 0.717) is 18.7 Å². The third-order valence-electron chi connectivity index (χ3n) is 3.66. The summed E-state index contributed by atoms with van der Waals surface area (Å²) in [6.45, 7) is 6.09. The number of amides is 1. The molecule has 1 heterocycles. The minimum atomic E-state index is -0.603. The highest BCUT2D eigenvalue weighted by molar-refractivity contribution is 5.69. The Morgan fingerprint density at radius 2 is 2.09 bits per heavy atom. The fraction of sp³-hybridized carbons (Fsp3) is 0.588. The molecule has 0 bridgehead atoms. The van der Waals surface area contributed by atoms with Crippen LogP contribution in [0.2, 0.25) is 0 Å². The van der Waals surface area contributed by atoms with Crippen LogP contribution in [0.25, 0.3) is 0 Å². The van der Waals surface area contributed by atoms with Crippen molar-refractivity contribution in [3.05, 3.63) is 29.8 Å². The lowest BCUT2D eigenvalue weighted by Crippen LogP contribution is -2.47. The van der Waals surface area contributed by atoms with E-state index >= 15 is 0 Å². The lowest BCUT2D eigenvalue weighted by molar-refractivity contribution is -0.0239. The summed E-state index contributed by atoms with van der Waals surface area (Å²) in [4.78, 5) is 14.1. The van der Waals surface area contributed by atoms with Crippen molar-refractivity contribution in [2.24, 2.45) is 0 Å². The number of aliphatic hydroxyl groups excluding tert-OH is 1. The fourth-order valence-corrected chi connectivity index (χ4v) is 2.73. The molecule has 0 aliphatic carbocycles. The Balaban J connectivity index is 2.28. The van der Waals surface area contributed by atoms with Gasteiger partial charge in [-0.3, -0.25) is 4.90 Å². The molecule has 0 spiro atoms. The van der Waals surface area contributed by atoms with E-state index in [9.17, 15) is 9.90 Å². The first-order valence-electron chi connectivity index (χ1n) is 7.63. The van der Waals surface area contributed by atoms with Crippen LogP contribution in [0.4, 0.5) is 4.79 Å². The molecule has 0 saturated carbocycles. The second kappa shape index (κ2) is 6.57. The van der Waals surface area contributed by atoms with Gasteiger partial charge in [-0.1, -0.05) is 12.1 Å². The molecule has 0 aromatic heterocycles. The van der Waals surface area contributed by atoms with Crippen molar-refractivity contribution in [2.45, 2.75) is 51.4 Å². The Kier molecular flexibility index (Phi) is 4.96. The maximum Gasteiger partial charge on any atom is 0.410 e. The summed E-state index contributed by atoms with van der Waals surface area (Å²) >= 11 is 0. The highest BCUT2D eigenvalue weighted by atomic mass is 16.6. The number of likely N-dealkylation sites (tertiary alicyclic amines) is 1. The van der Waals surface area contributed by atoms with E-state index in [1.807, 2.05) is 45.0 Å². The quantitative estimate of drug-likeness (QED) is 0.912. The second-order valence-electron chi connectivity index (χ2n) is 6.60. The molecular weight excluding hydrogens is 282 g/mol. The molecule has 1 N–H and O–H groups in total. The summed E-state index contributed by atoms with van der Waals surface area (Å²) in [5, 5.41) is 10.4. The largest absolute Gasteiger partial charge is 0.497 e. The van der Waals surface area contributed by atoms with Gasteiger partial charge in [0.05, 0.1) is 19.3 Å². The van der Waals surface area contributed by atoms with E-state index in [2.05, 4.69) is 0 Å². The first-order valence-corrected chi connectivity index (χ1v) is 7.63. The van der Waals surface area contributed by atoms with Crippen LogP contribution in [0.3, 0.4) is 0 Å². The predicted molar refractivity (Wildman–Crippen MR) is 83.9 cm³/mol. The molecule has 5 nitrogen and oxygen atoms in total. The smallest absolute Gasteiger partial charge is 0.410 e. The zero-order chi connectivity index (χ0) is 16.3. The number of carbonyl (C=O) groups is 1. The molecule has 1 aromatic rings. The zero-order valence-corrected chi connectivity index (χ0v) is 13.7. The minimum Gasteiger partial charge on any atom is -0.497 e. The van der Waals surface area contributed by atoms with Crippen molar-refractivity contribution in [3.63, 3.8) is 0 Å². The number of hydrogen-bond acceptors (Lipinski definition) is 4. The Morgan fingerprint density at radius 3 is 2.73 bits per heavy atom. The maximum atomic E-state index is 12.5. The number of benzene rings is 1. The molecule has 0 unspecified atom stereocenters. The number of aliphatic hydroxyl groups is 1. The van der Waals surface area contributed by atoms with Crippen molar-refractivity contribution in [1.82, 2.24) is 4.90 Å². The number of carbonyl (C=O) groups excluding carboxylic acids is 1. The van der Waals surface area contributed by atoms with Crippen LogP contribution in [0, 0.1) is 0 Å². The lowest BCUT2D eigenvalue weighted by atomic mass is 9.92. The minimum absolute atomic E-state index is 0.390. The third-order valence-corrected chi connectivity index (χ3v) is 3.66. The van der Waals surface area contributed by atoms with Crippen LogP contribution in [0.15, 0.2) is 24.3 Å².